The molecule has 0 amide bonds. The summed E-state index contributed by atoms with van der Waals surface area (Å²) in [7, 11) is 1.81. The third-order valence-corrected chi connectivity index (χ3v) is 4.08. The maximum Gasteiger partial charge on any atom is 0.221 e. The van der Waals surface area contributed by atoms with Crippen molar-refractivity contribution in [3.8, 4) is 17.7 Å². The molecule has 0 aliphatic carbocycles. The van der Waals surface area contributed by atoms with E-state index in [1.54, 1.807) is 4.68 Å². The molecule has 144 valence electrons. The Morgan fingerprint density at radius 3 is 2.73 bits per heavy atom. The molecule has 5 nitrogen and oxygen atoms in total. The molecular weight excluding hydrogens is 333 g/mol. The highest BCUT2D eigenvalue weighted by molar-refractivity contribution is 5.83. The van der Waals surface area contributed by atoms with Crippen LogP contribution in [0.1, 0.15) is 58.7 Å². The number of allylic oxidation sites excluding steroid dienone is 1. The van der Waals surface area contributed by atoms with Crippen LogP contribution in [0.5, 0.6) is 5.88 Å². The van der Waals surface area contributed by atoms with Crippen LogP contribution in [0.3, 0.4) is 0 Å². The summed E-state index contributed by atoms with van der Waals surface area (Å²) >= 11 is 0. The van der Waals surface area contributed by atoms with Gasteiger partial charge in [0.2, 0.25) is 5.88 Å². The van der Waals surface area contributed by atoms with Gasteiger partial charge in [-0.1, -0.05) is 30.8 Å². The second-order valence-electron chi connectivity index (χ2n) is 6.87. The smallest absolute Gasteiger partial charge is 0.221 e. The minimum absolute atomic E-state index is 0.0594. The van der Waals surface area contributed by atoms with E-state index in [0.717, 1.165) is 24.1 Å². The van der Waals surface area contributed by atoms with E-state index in [0.29, 0.717) is 5.88 Å². The van der Waals surface area contributed by atoms with Crippen LogP contribution in [0.4, 0.5) is 4.39 Å². The zero-order valence-electron chi connectivity index (χ0n) is 16.9. The summed E-state index contributed by atoms with van der Waals surface area (Å²) in [6.07, 6.45) is 4.56. The summed E-state index contributed by atoms with van der Waals surface area (Å²) < 4.78 is 21.2. The van der Waals surface area contributed by atoms with Gasteiger partial charge in [0, 0.05) is 18.5 Å². The van der Waals surface area contributed by atoms with Gasteiger partial charge in [-0.15, -0.1) is 0 Å². The highest BCUT2D eigenvalue weighted by Crippen LogP contribution is 2.21. The molecule has 0 aliphatic rings. The molecule has 0 fully saturated rings. The van der Waals surface area contributed by atoms with E-state index in [1.807, 2.05) is 48.6 Å². The maximum absolute atomic E-state index is 13.7. The molecule has 1 aromatic heterocycles. The number of ether oxygens (including phenoxy) is 1. The zero-order valence-corrected chi connectivity index (χ0v) is 16.9. The summed E-state index contributed by atoms with van der Waals surface area (Å²) in [5.74, 6) is 5.89. The molecule has 1 rings (SSSR count). The van der Waals surface area contributed by atoms with E-state index in [-0.39, 0.29) is 18.1 Å². The van der Waals surface area contributed by atoms with Gasteiger partial charge in [0.15, 0.2) is 6.61 Å². The number of nitrogens with zero attached hydrogens (tertiary/aromatic N) is 3. The van der Waals surface area contributed by atoms with Gasteiger partial charge in [0.25, 0.3) is 0 Å². The van der Waals surface area contributed by atoms with Crippen molar-refractivity contribution < 1.29 is 14.0 Å². The fourth-order valence-corrected chi connectivity index (χ4v) is 1.84. The standard InChI is InChI=1S/C20H30FN3O2/c1-8-15(3)26-19-18(16(4)23-24(19)7)13-22-25-14-17(21)11-10-12-20(5,6)9-2/h11,13,15H,8-9,14H2,1-7H3. The third kappa shape index (κ3) is 6.91. The summed E-state index contributed by atoms with van der Waals surface area (Å²) in [6.45, 7) is 11.7. The van der Waals surface area contributed by atoms with E-state index in [1.165, 1.54) is 12.3 Å². The minimum atomic E-state index is -0.472. The van der Waals surface area contributed by atoms with Crippen molar-refractivity contribution in [3.05, 3.63) is 23.2 Å². The number of oxime groups is 1. The highest BCUT2D eigenvalue weighted by Gasteiger charge is 2.15. The Hall–Kier alpha value is -2.29. The number of halogens is 1. The Bertz CT molecular complexity index is 709. The Balaban J connectivity index is 2.70. The van der Waals surface area contributed by atoms with Gasteiger partial charge in [-0.05, 0) is 40.5 Å². The third-order valence-electron chi connectivity index (χ3n) is 4.08. The van der Waals surface area contributed by atoms with Gasteiger partial charge in [-0.3, -0.25) is 0 Å². The van der Waals surface area contributed by atoms with Crippen molar-refractivity contribution in [2.45, 2.75) is 60.5 Å². The van der Waals surface area contributed by atoms with Crippen molar-refractivity contribution in [1.29, 1.82) is 0 Å². The van der Waals surface area contributed by atoms with Gasteiger partial charge in [-0.25, -0.2) is 9.07 Å². The van der Waals surface area contributed by atoms with Gasteiger partial charge < -0.3 is 9.57 Å². The van der Waals surface area contributed by atoms with Crippen molar-refractivity contribution in [2.24, 2.45) is 17.6 Å². The molecule has 0 radical (unpaired) electrons. The Labute approximate surface area is 156 Å². The molecule has 1 unspecified atom stereocenters. The van der Waals surface area contributed by atoms with Crippen LogP contribution < -0.4 is 4.74 Å². The average Bonchev–Trinajstić information content (AvgIpc) is 2.84. The van der Waals surface area contributed by atoms with Crippen LogP contribution in [-0.4, -0.2) is 28.7 Å². The quantitative estimate of drug-likeness (QED) is 0.387. The van der Waals surface area contributed by atoms with Crippen molar-refractivity contribution in [1.82, 2.24) is 9.78 Å². The summed E-state index contributed by atoms with van der Waals surface area (Å²) in [4.78, 5) is 5.02. The fourth-order valence-electron chi connectivity index (χ4n) is 1.84. The molecule has 0 bridgehead atoms. The molecule has 0 N–H and O–H groups in total. The molecule has 0 spiro atoms. The molecule has 0 aliphatic heterocycles. The van der Waals surface area contributed by atoms with Crippen molar-refractivity contribution >= 4 is 6.21 Å². The van der Waals surface area contributed by atoms with E-state index in [4.69, 9.17) is 9.57 Å². The maximum atomic E-state index is 13.7. The fraction of sp³-hybridized carbons (Fsp3) is 0.600. The first-order valence-corrected chi connectivity index (χ1v) is 8.93. The van der Waals surface area contributed by atoms with E-state index >= 15 is 0 Å². The van der Waals surface area contributed by atoms with E-state index in [9.17, 15) is 4.39 Å². The zero-order chi connectivity index (χ0) is 19.7. The molecule has 26 heavy (non-hydrogen) atoms. The molecule has 1 atom stereocenters. The first-order chi connectivity index (χ1) is 12.2. The predicted molar refractivity (Wildman–Crippen MR) is 103 cm³/mol. The molecular formula is C20H30FN3O2. The predicted octanol–water partition coefficient (Wildman–Crippen LogP) is 4.55. The first kappa shape index (κ1) is 21.8. The number of aryl methyl sites for hydroxylation is 2. The Kier molecular flexibility index (Phi) is 8.37. The highest BCUT2D eigenvalue weighted by atomic mass is 19.1. The average molecular weight is 363 g/mol. The van der Waals surface area contributed by atoms with Crippen LogP contribution in [0.15, 0.2) is 17.1 Å². The van der Waals surface area contributed by atoms with Crippen LogP contribution in [0.25, 0.3) is 0 Å². The van der Waals surface area contributed by atoms with Gasteiger partial charge in [-0.2, -0.15) is 5.10 Å². The number of hydrogen-bond donors (Lipinski definition) is 0. The molecule has 6 heteroatoms. The summed E-state index contributed by atoms with van der Waals surface area (Å²) in [5, 5.41) is 8.16. The summed E-state index contributed by atoms with van der Waals surface area (Å²) in [6, 6.07) is 0. The first-order valence-electron chi connectivity index (χ1n) is 8.93. The topological polar surface area (TPSA) is 48.6 Å². The number of rotatable bonds is 8. The number of aromatic nitrogens is 2. The summed E-state index contributed by atoms with van der Waals surface area (Å²) in [5.41, 5.74) is 1.36. The Morgan fingerprint density at radius 1 is 1.42 bits per heavy atom. The lowest BCUT2D eigenvalue weighted by Crippen LogP contribution is -2.13. The Morgan fingerprint density at radius 2 is 2.12 bits per heavy atom. The largest absolute Gasteiger partial charge is 0.474 e. The molecule has 0 aromatic carbocycles. The molecule has 1 heterocycles. The van der Waals surface area contributed by atoms with E-state index < -0.39 is 5.83 Å². The molecule has 0 saturated heterocycles. The van der Waals surface area contributed by atoms with Crippen LogP contribution in [0.2, 0.25) is 0 Å². The van der Waals surface area contributed by atoms with Crippen molar-refractivity contribution in [3.63, 3.8) is 0 Å². The van der Waals surface area contributed by atoms with Gasteiger partial charge in [0.1, 0.15) is 5.83 Å². The van der Waals surface area contributed by atoms with E-state index in [2.05, 4.69) is 22.1 Å². The second kappa shape index (κ2) is 10.0. The lowest BCUT2D eigenvalue weighted by atomic mass is 9.91. The minimum Gasteiger partial charge on any atom is -0.474 e. The van der Waals surface area contributed by atoms with Crippen LogP contribution >= 0.6 is 0 Å². The normalized spacial score (nSPS) is 13.5. The molecule has 0 saturated carbocycles. The van der Waals surface area contributed by atoms with Gasteiger partial charge >= 0.3 is 0 Å². The van der Waals surface area contributed by atoms with Crippen LogP contribution in [0, 0.1) is 24.2 Å². The van der Waals surface area contributed by atoms with Crippen LogP contribution in [-0.2, 0) is 11.9 Å². The van der Waals surface area contributed by atoms with Gasteiger partial charge in [0.05, 0.1) is 23.6 Å². The monoisotopic (exact) mass is 363 g/mol. The SMILES string of the molecule is CCC(C)Oc1c(C=NOCC(F)=CC#CC(C)(C)CC)c(C)nn1C. The number of hydrogen-bond acceptors (Lipinski definition) is 4. The second-order valence-corrected chi connectivity index (χ2v) is 6.87. The molecule has 1 aromatic rings. The lowest BCUT2D eigenvalue weighted by molar-refractivity contribution is 0.154. The lowest BCUT2D eigenvalue weighted by Gasteiger charge is -2.13. The van der Waals surface area contributed by atoms with Crippen molar-refractivity contribution in [2.75, 3.05) is 6.61 Å².